The second kappa shape index (κ2) is 14.0. The van der Waals surface area contributed by atoms with Crippen molar-refractivity contribution in [2.75, 3.05) is 13.2 Å². The average molecular weight is 508 g/mol. The van der Waals surface area contributed by atoms with Gasteiger partial charge in [-0.2, -0.15) is 5.10 Å². The lowest BCUT2D eigenvalue weighted by molar-refractivity contribution is -0.123. The van der Waals surface area contributed by atoms with Crippen LogP contribution in [0.25, 0.3) is 0 Å². The molecule has 0 heterocycles. The number of hydrogen-bond acceptors (Lipinski definition) is 4. The molecule has 0 aliphatic heterocycles. The summed E-state index contributed by atoms with van der Waals surface area (Å²) in [5.41, 5.74) is 3.38. The van der Waals surface area contributed by atoms with Crippen LogP contribution in [0.2, 0.25) is 0 Å². The van der Waals surface area contributed by atoms with Gasteiger partial charge in [-0.3, -0.25) is 4.79 Å². The Morgan fingerprint density at radius 1 is 0.931 bits per heavy atom. The fourth-order valence-corrected chi connectivity index (χ4v) is 2.97. The van der Waals surface area contributed by atoms with Crippen LogP contribution in [-0.4, -0.2) is 25.3 Å². The van der Waals surface area contributed by atoms with Gasteiger partial charge in [-0.1, -0.05) is 51.2 Å². The van der Waals surface area contributed by atoms with Crippen LogP contribution < -0.4 is 14.9 Å². The van der Waals surface area contributed by atoms with Crippen molar-refractivity contribution in [3.05, 3.63) is 57.7 Å². The Morgan fingerprint density at radius 3 is 2.24 bits per heavy atom. The summed E-state index contributed by atoms with van der Waals surface area (Å²) in [6.07, 6.45) is 9.07. The maximum Gasteiger partial charge on any atom is 0.277 e. The quantitative estimate of drug-likeness (QED) is 0.167. The number of hydrogen-bond donors (Lipinski definition) is 1. The lowest BCUT2D eigenvalue weighted by atomic mass is 10.1. The highest BCUT2D eigenvalue weighted by atomic mass is 127. The molecule has 6 heteroatoms. The van der Waals surface area contributed by atoms with Crippen molar-refractivity contribution in [2.45, 2.75) is 45.4 Å². The highest BCUT2D eigenvalue weighted by Crippen LogP contribution is 2.18. The summed E-state index contributed by atoms with van der Waals surface area (Å²) in [7, 11) is 0. The van der Waals surface area contributed by atoms with Crippen LogP contribution in [0.15, 0.2) is 53.6 Å². The van der Waals surface area contributed by atoms with Gasteiger partial charge in [0, 0.05) is 3.57 Å². The molecule has 0 unspecified atom stereocenters. The molecule has 1 amide bonds. The van der Waals surface area contributed by atoms with Crippen molar-refractivity contribution in [3.8, 4) is 11.5 Å². The predicted molar refractivity (Wildman–Crippen MR) is 126 cm³/mol. The van der Waals surface area contributed by atoms with Crippen LogP contribution in [0.5, 0.6) is 11.5 Å². The number of nitrogens with one attached hydrogen (secondary N) is 1. The van der Waals surface area contributed by atoms with Crippen LogP contribution in [0.1, 0.15) is 51.0 Å². The average Bonchev–Trinajstić information content (AvgIpc) is 2.74. The summed E-state index contributed by atoms with van der Waals surface area (Å²) in [4.78, 5) is 11.8. The molecule has 0 aromatic heterocycles. The first-order valence-corrected chi connectivity index (χ1v) is 11.2. The van der Waals surface area contributed by atoms with Gasteiger partial charge in [0.25, 0.3) is 5.91 Å². The van der Waals surface area contributed by atoms with Crippen molar-refractivity contribution in [2.24, 2.45) is 5.10 Å². The Bertz CT molecular complexity index is 746. The first-order valence-electron chi connectivity index (χ1n) is 10.1. The van der Waals surface area contributed by atoms with Gasteiger partial charge in [0.2, 0.25) is 0 Å². The topological polar surface area (TPSA) is 59.9 Å². The number of rotatable bonds is 13. The molecule has 2 rings (SSSR count). The van der Waals surface area contributed by atoms with Gasteiger partial charge in [0.1, 0.15) is 11.5 Å². The monoisotopic (exact) mass is 508 g/mol. The van der Waals surface area contributed by atoms with Crippen molar-refractivity contribution in [1.29, 1.82) is 0 Å². The minimum absolute atomic E-state index is 0.0952. The number of hydrazone groups is 1. The number of halogens is 1. The minimum Gasteiger partial charge on any atom is -0.494 e. The van der Waals surface area contributed by atoms with E-state index in [1.54, 1.807) is 18.3 Å². The molecule has 0 radical (unpaired) electrons. The maximum atomic E-state index is 11.8. The molecule has 0 fully saturated rings. The maximum absolute atomic E-state index is 11.8. The minimum atomic E-state index is -0.310. The first-order chi connectivity index (χ1) is 14.2. The van der Waals surface area contributed by atoms with E-state index >= 15 is 0 Å². The summed E-state index contributed by atoms with van der Waals surface area (Å²) in [6, 6.07) is 15.2. The van der Waals surface area contributed by atoms with E-state index in [2.05, 4.69) is 40.0 Å². The van der Waals surface area contributed by atoms with E-state index in [9.17, 15) is 4.79 Å². The lowest BCUT2D eigenvalue weighted by Crippen LogP contribution is -2.24. The zero-order valence-electron chi connectivity index (χ0n) is 16.9. The zero-order chi connectivity index (χ0) is 20.7. The van der Waals surface area contributed by atoms with E-state index in [1.165, 1.54) is 32.1 Å². The lowest BCUT2D eigenvalue weighted by Gasteiger charge is -2.08. The third-order valence-corrected chi connectivity index (χ3v) is 4.95. The Kier molecular flexibility index (Phi) is 11.2. The molecule has 156 valence electrons. The Labute approximate surface area is 187 Å². The van der Waals surface area contributed by atoms with Crippen molar-refractivity contribution in [1.82, 2.24) is 5.43 Å². The number of carbonyl (C=O) groups is 1. The van der Waals surface area contributed by atoms with Crippen molar-refractivity contribution >= 4 is 34.7 Å². The Morgan fingerprint density at radius 2 is 1.55 bits per heavy atom. The molecule has 0 atom stereocenters. The third-order valence-electron chi connectivity index (χ3n) is 4.23. The normalized spacial score (nSPS) is 10.8. The number of carbonyl (C=O) groups excluding carboxylic acids is 1. The molecule has 29 heavy (non-hydrogen) atoms. The molecule has 0 saturated heterocycles. The molecular weight excluding hydrogens is 479 g/mol. The second-order valence-corrected chi connectivity index (χ2v) is 7.97. The summed E-state index contributed by atoms with van der Waals surface area (Å²) in [6.45, 7) is 2.86. The number of unbranched alkanes of at least 4 members (excludes halogenated alkanes) is 5. The molecule has 5 nitrogen and oxygen atoms in total. The molecule has 0 aliphatic rings. The largest absolute Gasteiger partial charge is 0.494 e. The highest BCUT2D eigenvalue weighted by molar-refractivity contribution is 14.1. The SMILES string of the molecule is CCCCCCCCOc1ccc(OCC(=O)NN=Cc2ccc(I)cc2)cc1. The second-order valence-electron chi connectivity index (χ2n) is 6.72. The van der Waals surface area contributed by atoms with Crippen LogP contribution in [0, 0.1) is 3.57 Å². The van der Waals surface area contributed by atoms with Gasteiger partial charge >= 0.3 is 0 Å². The summed E-state index contributed by atoms with van der Waals surface area (Å²) in [5.74, 6) is 1.13. The molecule has 0 aliphatic carbocycles. The van der Waals surface area contributed by atoms with Gasteiger partial charge in [-0.25, -0.2) is 5.43 Å². The first kappa shape index (κ1) is 23.2. The molecule has 2 aromatic rings. The highest BCUT2D eigenvalue weighted by Gasteiger charge is 2.02. The van der Waals surface area contributed by atoms with Gasteiger partial charge in [0.15, 0.2) is 6.61 Å². The van der Waals surface area contributed by atoms with E-state index in [0.717, 1.165) is 27.9 Å². The zero-order valence-corrected chi connectivity index (χ0v) is 19.1. The number of benzene rings is 2. The molecular formula is C23H29IN2O3. The van der Waals surface area contributed by atoms with Crippen molar-refractivity contribution < 1.29 is 14.3 Å². The Balaban J connectivity index is 1.61. The fraction of sp³-hybridized carbons (Fsp3) is 0.391. The summed E-state index contributed by atoms with van der Waals surface area (Å²) in [5, 5.41) is 3.94. The van der Waals surface area contributed by atoms with Crippen molar-refractivity contribution in [3.63, 3.8) is 0 Å². The molecule has 0 saturated carbocycles. The van der Waals surface area contributed by atoms with Crippen LogP contribution in [0.4, 0.5) is 0 Å². The van der Waals surface area contributed by atoms with E-state index < -0.39 is 0 Å². The van der Waals surface area contributed by atoms with E-state index in [1.807, 2.05) is 36.4 Å². The standard InChI is InChI=1S/C23H29IN2O3/c1-2-3-4-5-6-7-16-28-21-12-14-22(15-13-21)29-18-23(27)26-25-17-19-8-10-20(24)11-9-19/h8-15,17H,2-7,16,18H2,1H3,(H,26,27). The third kappa shape index (κ3) is 10.3. The summed E-state index contributed by atoms with van der Waals surface area (Å²) < 4.78 is 12.4. The number of nitrogens with zero attached hydrogens (tertiary/aromatic N) is 1. The Hall–Kier alpha value is -2.09. The molecule has 2 aromatic carbocycles. The number of amides is 1. The predicted octanol–water partition coefficient (Wildman–Crippen LogP) is 5.56. The van der Waals surface area contributed by atoms with E-state index in [0.29, 0.717) is 5.75 Å². The van der Waals surface area contributed by atoms with Crippen LogP contribution >= 0.6 is 22.6 Å². The molecule has 0 bridgehead atoms. The van der Waals surface area contributed by atoms with E-state index in [-0.39, 0.29) is 12.5 Å². The van der Waals surface area contributed by atoms with Gasteiger partial charge < -0.3 is 9.47 Å². The van der Waals surface area contributed by atoms with Gasteiger partial charge in [-0.05, 0) is 71.0 Å². The molecule has 1 N–H and O–H groups in total. The smallest absolute Gasteiger partial charge is 0.277 e. The van der Waals surface area contributed by atoms with Gasteiger partial charge in [0.05, 0.1) is 12.8 Å². The van der Waals surface area contributed by atoms with Gasteiger partial charge in [-0.15, -0.1) is 0 Å². The summed E-state index contributed by atoms with van der Waals surface area (Å²) >= 11 is 2.24. The van der Waals surface area contributed by atoms with E-state index in [4.69, 9.17) is 9.47 Å². The van der Waals surface area contributed by atoms with Crippen LogP contribution in [0.3, 0.4) is 0 Å². The fourth-order valence-electron chi connectivity index (χ4n) is 2.61. The van der Waals surface area contributed by atoms with Crippen LogP contribution in [-0.2, 0) is 4.79 Å². The molecule has 0 spiro atoms. The number of ether oxygens (including phenoxy) is 2.